The Morgan fingerprint density at radius 1 is 0.846 bits per heavy atom. The largest absolute Gasteiger partial charge is 0.383 e. The summed E-state index contributed by atoms with van der Waals surface area (Å²) < 4.78 is 7.66. The van der Waals surface area contributed by atoms with E-state index in [1.165, 1.54) is 22.4 Å². The van der Waals surface area contributed by atoms with Gasteiger partial charge in [-0.3, -0.25) is 4.90 Å². The van der Waals surface area contributed by atoms with Gasteiger partial charge >= 0.3 is 0 Å². The van der Waals surface area contributed by atoms with Crippen LogP contribution in [0.5, 0.6) is 0 Å². The summed E-state index contributed by atoms with van der Waals surface area (Å²) in [5.41, 5.74) is 5.30. The molecule has 0 unspecified atom stereocenters. The summed E-state index contributed by atoms with van der Waals surface area (Å²) in [6, 6.07) is 23.8. The van der Waals surface area contributed by atoms with Gasteiger partial charge in [0.2, 0.25) is 0 Å². The Morgan fingerprint density at radius 2 is 1.62 bits per heavy atom. The lowest BCUT2D eigenvalue weighted by Crippen LogP contribution is -2.27. The lowest BCUT2D eigenvalue weighted by atomic mass is 10.1. The molecule has 1 heterocycles. The Balaban J connectivity index is 1.70. The van der Waals surface area contributed by atoms with Crippen molar-refractivity contribution >= 4 is 0 Å². The van der Waals surface area contributed by atoms with E-state index in [0.717, 1.165) is 32.8 Å². The van der Waals surface area contributed by atoms with E-state index in [-0.39, 0.29) is 0 Å². The van der Waals surface area contributed by atoms with Crippen molar-refractivity contribution in [1.29, 1.82) is 0 Å². The molecule has 2 aromatic carbocycles. The average Bonchev–Trinajstić information content (AvgIpc) is 3.09. The van der Waals surface area contributed by atoms with Crippen LogP contribution in [0.4, 0.5) is 0 Å². The van der Waals surface area contributed by atoms with Gasteiger partial charge in [0.1, 0.15) is 0 Å². The molecule has 0 atom stereocenters. The van der Waals surface area contributed by atoms with Crippen LogP contribution >= 0.6 is 0 Å². The smallest absolute Gasteiger partial charge is 0.0589 e. The molecule has 3 heteroatoms. The van der Waals surface area contributed by atoms with Crippen LogP contribution in [0.15, 0.2) is 72.9 Å². The number of hydrogen-bond acceptors (Lipinski definition) is 2. The fourth-order valence-electron chi connectivity index (χ4n) is 3.14. The van der Waals surface area contributed by atoms with Gasteiger partial charge in [-0.15, -0.1) is 0 Å². The summed E-state index contributed by atoms with van der Waals surface area (Å²) in [7, 11) is 1.76. The molecule has 3 nitrogen and oxygen atoms in total. The Kier molecular flexibility index (Phi) is 6.64. The zero-order chi connectivity index (χ0) is 18.2. The van der Waals surface area contributed by atoms with Crippen LogP contribution in [0.1, 0.15) is 22.4 Å². The molecule has 3 aromatic rings. The van der Waals surface area contributed by atoms with E-state index in [4.69, 9.17) is 4.74 Å². The number of ether oxygens (including phenoxy) is 1. The van der Waals surface area contributed by atoms with Crippen molar-refractivity contribution in [2.75, 3.05) is 20.3 Å². The van der Waals surface area contributed by atoms with E-state index in [9.17, 15) is 0 Å². The van der Waals surface area contributed by atoms with Crippen molar-refractivity contribution < 1.29 is 4.74 Å². The first-order valence-electron chi connectivity index (χ1n) is 9.19. The predicted octanol–water partition coefficient (Wildman–Crippen LogP) is 4.49. The normalized spacial score (nSPS) is 11.2. The molecule has 0 spiro atoms. The molecule has 26 heavy (non-hydrogen) atoms. The maximum Gasteiger partial charge on any atom is 0.0589 e. The van der Waals surface area contributed by atoms with E-state index in [0.29, 0.717) is 0 Å². The van der Waals surface area contributed by atoms with Gasteiger partial charge in [0.15, 0.2) is 0 Å². The van der Waals surface area contributed by atoms with E-state index < -0.39 is 0 Å². The molecule has 0 fully saturated rings. The average molecular weight is 348 g/mol. The highest BCUT2D eigenvalue weighted by atomic mass is 16.5. The minimum atomic E-state index is 0.742. The topological polar surface area (TPSA) is 17.4 Å². The summed E-state index contributed by atoms with van der Waals surface area (Å²) in [4.78, 5) is 2.44. The maximum atomic E-state index is 5.32. The predicted molar refractivity (Wildman–Crippen MR) is 107 cm³/mol. The van der Waals surface area contributed by atoms with Crippen LogP contribution in [-0.4, -0.2) is 29.7 Å². The highest BCUT2D eigenvalue weighted by molar-refractivity contribution is 5.23. The molecule has 0 N–H and O–H groups in total. The van der Waals surface area contributed by atoms with Crippen molar-refractivity contribution in [3.63, 3.8) is 0 Å². The third-order valence-corrected chi connectivity index (χ3v) is 4.64. The molecule has 0 radical (unpaired) electrons. The molecule has 1 aromatic heterocycles. The van der Waals surface area contributed by atoms with E-state index in [1.807, 2.05) is 0 Å². The molecule has 3 rings (SSSR count). The quantitative estimate of drug-likeness (QED) is 0.567. The van der Waals surface area contributed by atoms with Crippen LogP contribution in [0.3, 0.4) is 0 Å². The Morgan fingerprint density at radius 3 is 2.35 bits per heavy atom. The Bertz CT molecular complexity index is 777. The minimum absolute atomic E-state index is 0.742. The van der Waals surface area contributed by atoms with Crippen molar-refractivity contribution in [3.05, 3.63) is 95.3 Å². The summed E-state index contributed by atoms with van der Waals surface area (Å²) in [5.74, 6) is 0. The third-order valence-electron chi connectivity index (χ3n) is 4.64. The maximum absolute atomic E-state index is 5.32. The van der Waals surface area contributed by atoms with Gasteiger partial charge in [-0.1, -0.05) is 60.2 Å². The third kappa shape index (κ3) is 5.32. The molecule has 0 aliphatic carbocycles. The first kappa shape index (κ1) is 18.4. The Hall–Kier alpha value is -2.36. The van der Waals surface area contributed by atoms with E-state index in [1.54, 1.807) is 7.11 Å². The molecule has 0 aliphatic heterocycles. The summed E-state index contributed by atoms with van der Waals surface area (Å²) in [5, 5.41) is 0. The Labute approximate surface area is 156 Å². The van der Waals surface area contributed by atoms with Gasteiger partial charge in [-0.05, 0) is 30.2 Å². The molecule has 0 bridgehead atoms. The van der Waals surface area contributed by atoms with Gasteiger partial charge in [-0.2, -0.15) is 0 Å². The van der Waals surface area contributed by atoms with Crippen molar-refractivity contribution in [2.24, 2.45) is 0 Å². The van der Waals surface area contributed by atoms with Gasteiger partial charge in [0.05, 0.1) is 6.61 Å². The van der Waals surface area contributed by atoms with E-state index in [2.05, 4.69) is 89.3 Å². The van der Waals surface area contributed by atoms with Crippen LogP contribution in [0, 0.1) is 6.92 Å². The zero-order valence-corrected chi connectivity index (χ0v) is 15.8. The van der Waals surface area contributed by atoms with Crippen LogP contribution in [0.25, 0.3) is 0 Å². The van der Waals surface area contributed by atoms with Crippen molar-refractivity contribution in [2.45, 2.75) is 26.6 Å². The number of nitrogens with zero attached hydrogens (tertiary/aromatic N) is 2. The molecule has 0 aliphatic rings. The molecular weight excluding hydrogens is 320 g/mol. The molecule has 0 saturated carbocycles. The summed E-state index contributed by atoms with van der Waals surface area (Å²) >= 11 is 0. The van der Waals surface area contributed by atoms with Crippen LogP contribution < -0.4 is 0 Å². The summed E-state index contributed by atoms with van der Waals surface area (Å²) in [6.45, 7) is 6.54. The van der Waals surface area contributed by atoms with Crippen molar-refractivity contribution in [3.8, 4) is 0 Å². The second-order valence-electron chi connectivity index (χ2n) is 6.80. The molecule has 0 amide bonds. The fourth-order valence-corrected chi connectivity index (χ4v) is 3.14. The molecule has 0 saturated heterocycles. The fraction of sp³-hybridized carbons (Fsp3) is 0.304. The lowest BCUT2D eigenvalue weighted by Gasteiger charge is -2.23. The first-order valence-corrected chi connectivity index (χ1v) is 9.19. The number of rotatable bonds is 9. The number of benzene rings is 2. The second kappa shape index (κ2) is 9.37. The minimum Gasteiger partial charge on any atom is -0.383 e. The number of aromatic nitrogens is 1. The lowest BCUT2D eigenvalue weighted by molar-refractivity contribution is 0.138. The number of hydrogen-bond donors (Lipinski definition) is 0. The van der Waals surface area contributed by atoms with Gasteiger partial charge in [-0.25, -0.2) is 0 Å². The van der Waals surface area contributed by atoms with Gasteiger partial charge in [0.25, 0.3) is 0 Å². The molecular formula is C23H28N2O. The van der Waals surface area contributed by atoms with Crippen molar-refractivity contribution in [1.82, 2.24) is 9.47 Å². The SMILES string of the molecule is COCCN(Cc1ccccc1)Cc1cccn1Cc1ccc(C)cc1. The number of methoxy groups -OCH3 is 1. The zero-order valence-electron chi connectivity index (χ0n) is 15.8. The highest BCUT2D eigenvalue weighted by Crippen LogP contribution is 2.13. The molecule has 136 valence electrons. The van der Waals surface area contributed by atoms with Gasteiger partial charge in [0, 0.05) is 45.2 Å². The second-order valence-corrected chi connectivity index (χ2v) is 6.80. The highest BCUT2D eigenvalue weighted by Gasteiger charge is 2.10. The summed E-state index contributed by atoms with van der Waals surface area (Å²) in [6.07, 6.45) is 2.17. The van der Waals surface area contributed by atoms with Crippen LogP contribution in [0.2, 0.25) is 0 Å². The number of aryl methyl sites for hydroxylation is 1. The van der Waals surface area contributed by atoms with Gasteiger partial charge < -0.3 is 9.30 Å². The standard InChI is InChI=1S/C23H28N2O/c1-20-10-12-22(13-11-20)18-25-14-6-9-23(25)19-24(15-16-26-2)17-21-7-4-3-5-8-21/h3-14H,15-19H2,1-2H3. The monoisotopic (exact) mass is 348 g/mol. The first-order chi connectivity index (χ1) is 12.7. The van der Waals surface area contributed by atoms with Crippen LogP contribution in [-0.2, 0) is 24.4 Å². The van der Waals surface area contributed by atoms with E-state index >= 15 is 0 Å².